The maximum atomic E-state index is 5.76. The Balaban J connectivity index is 1.49. The van der Waals surface area contributed by atoms with Gasteiger partial charge in [-0.25, -0.2) is 4.68 Å². The van der Waals surface area contributed by atoms with E-state index >= 15 is 0 Å². The van der Waals surface area contributed by atoms with Gasteiger partial charge in [0, 0.05) is 17.9 Å². The van der Waals surface area contributed by atoms with Gasteiger partial charge >= 0.3 is 0 Å². The Hall–Kier alpha value is -1.60. The number of nitrogens with zero attached hydrogens (tertiary/aromatic N) is 4. The largest absolute Gasteiger partial charge is 0.492 e. The van der Waals surface area contributed by atoms with E-state index in [4.69, 9.17) is 10.5 Å². The third-order valence-corrected chi connectivity index (χ3v) is 4.02. The van der Waals surface area contributed by atoms with Crippen molar-refractivity contribution in [2.24, 2.45) is 5.73 Å². The van der Waals surface area contributed by atoms with Gasteiger partial charge in [0.05, 0.1) is 12.6 Å². The maximum absolute atomic E-state index is 5.76. The van der Waals surface area contributed by atoms with Gasteiger partial charge in [-0.2, -0.15) is 0 Å². The lowest BCUT2D eigenvalue weighted by molar-refractivity contribution is 0.340. The van der Waals surface area contributed by atoms with Gasteiger partial charge in [-0.05, 0) is 29.3 Å². The summed E-state index contributed by atoms with van der Waals surface area (Å²) in [5.41, 5.74) is 6.71. The van der Waals surface area contributed by atoms with Gasteiger partial charge in [-0.15, -0.1) is 5.10 Å². The van der Waals surface area contributed by atoms with Crippen molar-refractivity contribution in [3.63, 3.8) is 0 Å². The number of aromatic nitrogens is 4. The number of thioether (sulfide) groups is 1. The molecule has 1 aromatic carbocycles. The van der Waals surface area contributed by atoms with Gasteiger partial charge in [-0.1, -0.05) is 30.0 Å². The van der Waals surface area contributed by atoms with Gasteiger partial charge in [0.15, 0.2) is 0 Å². The van der Waals surface area contributed by atoms with Crippen molar-refractivity contribution in [2.45, 2.75) is 30.6 Å². The molecule has 0 atom stereocenters. The number of ether oxygens (including phenoxy) is 1. The number of para-hydroxylation sites is 1. The van der Waals surface area contributed by atoms with E-state index in [0.717, 1.165) is 22.2 Å². The molecule has 0 spiro atoms. The van der Waals surface area contributed by atoms with Crippen LogP contribution < -0.4 is 10.5 Å². The predicted molar refractivity (Wildman–Crippen MR) is 76.6 cm³/mol. The molecule has 106 valence electrons. The number of hydrogen-bond donors (Lipinski definition) is 1. The first kappa shape index (κ1) is 13.4. The molecule has 6 nitrogen and oxygen atoms in total. The highest BCUT2D eigenvalue weighted by Crippen LogP contribution is 2.36. The van der Waals surface area contributed by atoms with Crippen LogP contribution in [0.25, 0.3) is 0 Å². The summed E-state index contributed by atoms with van der Waals surface area (Å²) >= 11 is 1.63. The van der Waals surface area contributed by atoms with E-state index in [0.29, 0.717) is 19.2 Å². The highest BCUT2D eigenvalue weighted by atomic mass is 32.2. The number of benzene rings is 1. The number of hydrogen-bond acceptors (Lipinski definition) is 6. The fourth-order valence-electron chi connectivity index (χ4n) is 1.93. The van der Waals surface area contributed by atoms with Crippen molar-refractivity contribution >= 4 is 11.8 Å². The number of tetrazole rings is 1. The molecule has 1 aliphatic rings. The van der Waals surface area contributed by atoms with Crippen LogP contribution >= 0.6 is 11.8 Å². The highest BCUT2D eigenvalue weighted by molar-refractivity contribution is 7.99. The molecule has 0 radical (unpaired) electrons. The average Bonchev–Trinajstić information content (AvgIpc) is 3.23. The Morgan fingerprint density at radius 1 is 1.35 bits per heavy atom. The smallest absolute Gasteiger partial charge is 0.209 e. The van der Waals surface area contributed by atoms with E-state index in [1.807, 2.05) is 28.9 Å². The summed E-state index contributed by atoms with van der Waals surface area (Å²) in [6, 6.07) is 8.35. The first-order valence-corrected chi connectivity index (χ1v) is 7.68. The van der Waals surface area contributed by atoms with Crippen molar-refractivity contribution in [3.05, 3.63) is 29.8 Å². The van der Waals surface area contributed by atoms with Crippen LogP contribution in [0.3, 0.4) is 0 Å². The molecule has 2 N–H and O–H groups in total. The van der Waals surface area contributed by atoms with Gasteiger partial charge in [0.1, 0.15) is 5.75 Å². The summed E-state index contributed by atoms with van der Waals surface area (Å²) in [7, 11) is 0. The van der Waals surface area contributed by atoms with Crippen LogP contribution in [-0.2, 0) is 6.54 Å². The molecule has 0 saturated heterocycles. The van der Waals surface area contributed by atoms with E-state index in [-0.39, 0.29) is 0 Å². The minimum absolute atomic E-state index is 0.489. The lowest BCUT2D eigenvalue weighted by Crippen LogP contribution is -2.06. The molecule has 7 heteroatoms. The van der Waals surface area contributed by atoms with Crippen LogP contribution in [0.4, 0.5) is 0 Å². The molecule has 0 bridgehead atoms. The summed E-state index contributed by atoms with van der Waals surface area (Å²) in [4.78, 5) is 0. The zero-order valence-electron chi connectivity index (χ0n) is 11.1. The second-order valence-electron chi connectivity index (χ2n) is 4.65. The van der Waals surface area contributed by atoms with Crippen LogP contribution in [0, 0.1) is 0 Å². The van der Waals surface area contributed by atoms with Crippen LogP contribution in [0.2, 0.25) is 0 Å². The molecule has 0 unspecified atom stereocenters. The molecule has 1 fully saturated rings. The fourth-order valence-corrected chi connectivity index (χ4v) is 2.69. The van der Waals surface area contributed by atoms with E-state index in [1.54, 1.807) is 11.8 Å². The number of nitrogens with two attached hydrogens (primary N) is 1. The third-order valence-electron chi connectivity index (χ3n) is 3.12. The van der Waals surface area contributed by atoms with E-state index in [9.17, 15) is 0 Å². The summed E-state index contributed by atoms with van der Waals surface area (Å²) < 4.78 is 7.68. The molecule has 0 amide bonds. The van der Waals surface area contributed by atoms with Crippen molar-refractivity contribution in [3.8, 4) is 5.75 Å². The topological polar surface area (TPSA) is 78.8 Å². The summed E-state index contributed by atoms with van der Waals surface area (Å²) in [6.45, 7) is 1.10. The van der Waals surface area contributed by atoms with Crippen molar-refractivity contribution < 1.29 is 4.74 Å². The second kappa shape index (κ2) is 6.23. The normalized spacial score (nSPS) is 14.4. The Kier molecular flexibility index (Phi) is 4.17. The quantitative estimate of drug-likeness (QED) is 0.617. The average molecular weight is 291 g/mol. The molecule has 1 heterocycles. The molecule has 20 heavy (non-hydrogen) atoms. The van der Waals surface area contributed by atoms with Gasteiger partial charge in [0.2, 0.25) is 5.16 Å². The van der Waals surface area contributed by atoms with Crippen LogP contribution in [0.5, 0.6) is 5.75 Å². The van der Waals surface area contributed by atoms with Gasteiger partial charge < -0.3 is 10.5 Å². The molecule has 3 rings (SSSR count). The predicted octanol–water partition coefficient (Wildman–Crippen LogP) is 1.64. The van der Waals surface area contributed by atoms with E-state index < -0.39 is 0 Å². The summed E-state index contributed by atoms with van der Waals surface area (Å²) in [5, 5.41) is 12.7. The zero-order chi connectivity index (χ0) is 13.8. The Bertz CT molecular complexity index is 569. The van der Waals surface area contributed by atoms with E-state index in [1.165, 1.54) is 12.8 Å². The summed E-state index contributed by atoms with van der Waals surface area (Å²) in [6.07, 6.45) is 2.36. The maximum Gasteiger partial charge on any atom is 0.209 e. The zero-order valence-corrected chi connectivity index (χ0v) is 11.9. The minimum atomic E-state index is 0.489. The second-order valence-corrected chi connectivity index (χ2v) is 5.71. The third kappa shape index (κ3) is 3.10. The van der Waals surface area contributed by atoms with Crippen molar-refractivity contribution in [1.29, 1.82) is 0 Å². The lowest BCUT2D eigenvalue weighted by atomic mass is 10.2. The molecule has 1 saturated carbocycles. The molecule has 1 aromatic heterocycles. The minimum Gasteiger partial charge on any atom is -0.492 e. The molecular formula is C13H17N5OS. The van der Waals surface area contributed by atoms with Gasteiger partial charge in [-0.3, -0.25) is 0 Å². The van der Waals surface area contributed by atoms with Crippen molar-refractivity contribution in [1.82, 2.24) is 20.2 Å². The Morgan fingerprint density at radius 2 is 2.20 bits per heavy atom. The Morgan fingerprint density at radius 3 is 3.00 bits per heavy atom. The SMILES string of the molecule is NCc1ccccc1OCCSc1nnnn1C1CC1. The monoisotopic (exact) mass is 291 g/mol. The van der Waals surface area contributed by atoms with Gasteiger partial charge in [0.25, 0.3) is 0 Å². The molecule has 2 aromatic rings. The fraction of sp³-hybridized carbons (Fsp3) is 0.462. The lowest BCUT2D eigenvalue weighted by Gasteiger charge is -2.09. The first-order valence-electron chi connectivity index (χ1n) is 6.70. The highest BCUT2D eigenvalue weighted by Gasteiger charge is 2.27. The van der Waals surface area contributed by atoms with E-state index in [2.05, 4.69) is 15.5 Å². The number of rotatable bonds is 7. The Labute approximate surface area is 121 Å². The summed E-state index contributed by atoms with van der Waals surface area (Å²) in [5.74, 6) is 1.67. The van der Waals surface area contributed by atoms with Crippen LogP contribution in [0.1, 0.15) is 24.4 Å². The standard InChI is InChI=1S/C13H17N5OS/c14-9-10-3-1-2-4-12(10)19-7-8-20-13-15-16-17-18(13)11-5-6-11/h1-4,11H,5-9,14H2. The molecule has 0 aliphatic heterocycles. The van der Waals surface area contributed by atoms with Crippen LogP contribution in [-0.4, -0.2) is 32.6 Å². The van der Waals surface area contributed by atoms with Crippen LogP contribution in [0.15, 0.2) is 29.4 Å². The van der Waals surface area contributed by atoms with Crippen molar-refractivity contribution in [2.75, 3.05) is 12.4 Å². The molecule has 1 aliphatic carbocycles. The first-order chi connectivity index (χ1) is 9.88. The molecular weight excluding hydrogens is 274 g/mol.